The predicted octanol–water partition coefficient (Wildman–Crippen LogP) is 4.01. The molecule has 23 heavy (non-hydrogen) atoms. The van der Waals surface area contributed by atoms with Crippen molar-refractivity contribution in [3.63, 3.8) is 0 Å². The molecule has 118 valence electrons. The topological polar surface area (TPSA) is 53.6 Å². The predicted molar refractivity (Wildman–Crippen MR) is 94.3 cm³/mol. The Morgan fingerprint density at radius 1 is 1.35 bits per heavy atom. The number of fused-ring (bicyclic) bond motifs is 1. The smallest absolute Gasteiger partial charge is 0.141 e. The van der Waals surface area contributed by atoms with Crippen LogP contribution in [-0.2, 0) is 18.6 Å². The van der Waals surface area contributed by atoms with Gasteiger partial charge in [-0.05, 0) is 43.8 Å². The van der Waals surface area contributed by atoms with Gasteiger partial charge in [0.1, 0.15) is 11.7 Å². The fourth-order valence-corrected chi connectivity index (χ4v) is 3.27. The van der Waals surface area contributed by atoms with Gasteiger partial charge in [0.2, 0.25) is 0 Å². The van der Waals surface area contributed by atoms with Gasteiger partial charge in [-0.2, -0.15) is 5.26 Å². The van der Waals surface area contributed by atoms with Crippen LogP contribution in [0, 0.1) is 11.3 Å². The van der Waals surface area contributed by atoms with Gasteiger partial charge in [0.25, 0.3) is 0 Å². The second-order valence-corrected chi connectivity index (χ2v) is 7.63. The van der Waals surface area contributed by atoms with E-state index < -0.39 is 0 Å². The fraction of sp³-hybridized carbons (Fsp3) is 0.333. The minimum absolute atomic E-state index is 0.0979. The SMILES string of the molecule is CC(C)(C)n1cc(C#N)c2cc(CNCc3cccs3)cnc21. The van der Waals surface area contributed by atoms with E-state index in [-0.39, 0.29) is 5.54 Å². The zero-order valence-corrected chi connectivity index (χ0v) is 14.4. The molecule has 5 heteroatoms. The lowest BCUT2D eigenvalue weighted by Crippen LogP contribution is -2.21. The molecule has 1 N–H and O–H groups in total. The molecule has 0 spiro atoms. The van der Waals surface area contributed by atoms with Crippen LogP contribution < -0.4 is 5.32 Å². The average molecular weight is 324 g/mol. The van der Waals surface area contributed by atoms with Crippen LogP contribution in [0.3, 0.4) is 0 Å². The highest BCUT2D eigenvalue weighted by molar-refractivity contribution is 7.09. The van der Waals surface area contributed by atoms with Crippen LogP contribution in [0.15, 0.2) is 36.0 Å². The third kappa shape index (κ3) is 3.29. The summed E-state index contributed by atoms with van der Waals surface area (Å²) in [5.74, 6) is 0. The Hall–Kier alpha value is -2.16. The van der Waals surface area contributed by atoms with E-state index in [2.05, 4.69) is 65.3 Å². The van der Waals surface area contributed by atoms with Crippen LogP contribution in [0.5, 0.6) is 0 Å². The first-order chi connectivity index (χ1) is 11.0. The van der Waals surface area contributed by atoms with Crippen molar-refractivity contribution in [2.75, 3.05) is 0 Å². The van der Waals surface area contributed by atoms with Gasteiger partial charge >= 0.3 is 0 Å². The van der Waals surface area contributed by atoms with Gasteiger partial charge in [0.15, 0.2) is 0 Å². The summed E-state index contributed by atoms with van der Waals surface area (Å²) >= 11 is 1.75. The van der Waals surface area contributed by atoms with E-state index in [9.17, 15) is 5.26 Å². The van der Waals surface area contributed by atoms with Crippen molar-refractivity contribution in [3.8, 4) is 6.07 Å². The van der Waals surface area contributed by atoms with Gasteiger partial charge in [-0.1, -0.05) is 6.07 Å². The molecule has 4 nitrogen and oxygen atoms in total. The van der Waals surface area contributed by atoms with Gasteiger partial charge in [-0.15, -0.1) is 11.3 Å². The summed E-state index contributed by atoms with van der Waals surface area (Å²) in [6.45, 7) is 7.94. The molecule has 0 aliphatic rings. The minimum Gasteiger partial charge on any atom is -0.326 e. The van der Waals surface area contributed by atoms with E-state index in [1.807, 2.05) is 12.4 Å². The summed E-state index contributed by atoms with van der Waals surface area (Å²) in [5, 5.41) is 15.8. The lowest BCUT2D eigenvalue weighted by atomic mass is 10.1. The summed E-state index contributed by atoms with van der Waals surface area (Å²) in [4.78, 5) is 5.92. The Morgan fingerprint density at radius 3 is 2.83 bits per heavy atom. The number of thiophene rings is 1. The largest absolute Gasteiger partial charge is 0.326 e. The molecule has 0 atom stereocenters. The minimum atomic E-state index is -0.0979. The van der Waals surface area contributed by atoms with Crippen LogP contribution in [0.4, 0.5) is 0 Å². The second-order valence-electron chi connectivity index (χ2n) is 6.59. The van der Waals surface area contributed by atoms with Gasteiger partial charge in [0.05, 0.1) is 5.56 Å². The molecule has 3 aromatic heterocycles. The summed E-state index contributed by atoms with van der Waals surface area (Å²) in [7, 11) is 0. The Kier molecular flexibility index (Phi) is 4.20. The monoisotopic (exact) mass is 324 g/mol. The molecule has 0 saturated heterocycles. The maximum atomic E-state index is 9.40. The number of hydrogen-bond donors (Lipinski definition) is 1. The van der Waals surface area contributed by atoms with Gasteiger partial charge in [-0.3, -0.25) is 0 Å². The van der Waals surface area contributed by atoms with Crippen LogP contribution in [0.25, 0.3) is 11.0 Å². The number of aromatic nitrogens is 2. The fourth-order valence-electron chi connectivity index (χ4n) is 2.59. The van der Waals surface area contributed by atoms with Crippen molar-refractivity contribution in [3.05, 3.63) is 52.0 Å². The lowest BCUT2D eigenvalue weighted by molar-refractivity contribution is 0.408. The van der Waals surface area contributed by atoms with E-state index in [0.29, 0.717) is 5.56 Å². The maximum Gasteiger partial charge on any atom is 0.141 e. The van der Waals surface area contributed by atoms with Crippen molar-refractivity contribution >= 4 is 22.4 Å². The highest BCUT2D eigenvalue weighted by atomic mass is 32.1. The van der Waals surface area contributed by atoms with Gasteiger partial charge in [-0.25, -0.2) is 4.98 Å². The first-order valence-electron chi connectivity index (χ1n) is 7.62. The van der Waals surface area contributed by atoms with Crippen LogP contribution in [-0.4, -0.2) is 9.55 Å². The molecule has 0 saturated carbocycles. The second kappa shape index (κ2) is 6.15. The molecule has 0 aliphatic heterocycles. The van der Waals surface area contributed by atoms with Crippen molar-refractivity contribution < 1.29 is 0 Å². The standard InChI is InChI=1S/C18H20N4S/c1-18(2,3)22-12-14(8-19)16-7-13(10-21-17(16)22)9-20-11-15-5-4-6-23-15/h4-7,10,12,20H,9,11H2,1-3H3. The first-order valence-corrected chi connectivity index (χ1v) is 8.50. The summed E-state index contributed by atoms with van der Waals surface area (Å²) in [5.41, 5.74) is 2.55. The third-order valence-electron chi connectivity index (χ3n) is 3.75. The molecule has 3 rings (SSSR count). The molecule has 0 amide bonds. The number of nitrogens with one attached hydrogen (secondary N) is 1. The van der Waals surface area contributed by atoms with E-state index in [1.54, 1.807) is 11.3 Å². The zero-order valence-electron chi connectivity index (χ0n) is 13.6. The Labute approximate surface area is 140 Å². The molecule has 0 aromatic carbocycles. The van der Waals surface area contributed by atoms with Crippen molar-refractivity contribution in [1.82, 2.24) is 14.9 Å². The summed E-state index contributed by atoms with van der Waals surface area (Å²) in [6, 6.07) is 8.54. The first kappa shape index (κ1) is 15.7. The molecule has 3 heterocycles. The van der Waals surface area contributed by atoms with Crippen LogP contribution in [0.1, 0.15) is 36.8 Å². The Morgan fingerprint density at radius 2 is 2.17 bits per heavy atom. The van der Waals surface area contributed by atoms with Gasteiger partial charge < -0.3 is 9.88 Å². The molecular formula is C18H20N4S. The highest BCUT2D eigenvalue weighted by Crippen LogP contribution is 2.26. The Bertz CT molecular complexity index is 848. The van der Waals surface area contributed by atoms with Crippen LogP contribution >= 0.6 is 11.3 Å². The summed E-state index contributed by atoms with van der Waals surface area (Å²) in [6.07, 6.45) is 3.80. The molecule has 0 unspecified atom stereocenters. The van der Waals surface area contributed by atoms with Crippen molar-refractivity contribution in [2.45, 2.75) is 39.4 Å². The van der Waals surface area contributed by atoms with Crippen molar-refractivity contribution in [2.24, 2.45) is 0 Å². The Balaban J connectivity index is 1.85. The molecule has 0 fully saturated rings. The highest BCUT2D eigenvalue weighted by Gasteiger charge is 2.19. The molecule has 0 radical (unpaired) electrons. The average Bonchev–Trinajstić information content (AvgIpc) is 3.13. The van der Waals surface area contributed by atoms with Crippen molar-refractivity contribution in [1.29, 1.82) is 5.26 Å². The van der Waals surface area contributed by atoms with Gasteiger partial charge in [0, 0.05) is 41.3 Å². The number of nitriles is 1. The number of pyridine rings is 1. The van der Waals surface area contributed by atoms with E-state index >= 15 is 0 Å². The molecule has 3 aromatic rings. The quantitative estimate of drug-likeness (QED) is 0.789. The third-order valence-corrected chi connectivity index (χ3v) is 4.63. The van der Waals surface area contributed by atoms with Crippen LogP contribution in [0.2, 0.25) is 0 Å². The zero-order chi connectivity index (χ0) is 16.4. The lowest BCUT2D eigenvalue weighted by Gasteiger charge is -2.21. The van der Waals surface area contributed by atoms with E-state index in [4.69, 9.17) is 0 Å². The van der Waals surface area contributed by atoms with E-state index in [1.165, 1.54) is 4.88 Å². The molecular weight excluding hydrogens is 304 g/mol. The number of rotatable bonds is 4. The number of nitrogens with zero attached hydrogens (tertiary/aromatic N) is 3. The molecule has 0 aliphatic carbocycles. The maximum absolute atomic E-state index is 9.40. The molecule has 0 bridgehead atoms. The number of hydrogen-bond acceptors (Lipinski definition) is 4. The summed E-state index contributed by atoms with van der Waals surface area (Å²) < 4.78 is 2.07. The normalized spacial score (nSPS) is 11.7. The van der Waals surface area contributed by atoms with E-state index in [0.717, 1.165) is 29.7 Å².